The van der Waals surface area contributed by atoms with E-state index in [-0.39, 0.29) is 12.4 Å². The van der Waals surface area contributed by atoms with E-state index in [9.17, 15) is 0 Å². The van der Waals surface area contributed by atoms with Gasteiger partial charge in [-0.15, -0.1) is 12.4 Å². The SMILES string of the molecule is Cc1cc(NC2CCC(N)CC2)nc(Cl)n1.Cl. The van der Waals surface area contributed by atoms with Gasteiger partial charge >= 0.3 is 0 Å². The molecule has 1 aliphatic carbocycles. The van der Waals surface area contributed by atoms with E-state index in [2.05, 4.69) is 15.3 Å². The quantitative estimate of drug-likeness (QED) is 0.815. The van der Waals surface area contributed by atoms with Crippen molar-refractivity contribution in [2.24, 2.45) is 5.73 Å². The van der Waals surface area contributed by atoms with Gasteiger partial charge in [0.1, 0.15) is 5.82 Å². The van der Waals surface area contributed by atoms with Crippen LogP contribution in [0.3, 0.4) is 0 Å². The second kappa shape index (κ2) is 6.38. The van der Waals surface area contributed by atoms with E-state index in [0.29, 0.717) is 17.4 Å². The van der Waals surface area contributed by atoms with Gasteiger partial charge in [0, 0.05) is 23.8 Å². The molecule has 0 spiro atoms. The van der Waals surface area contributed by atoms with Crippen molar-refractivity contribution in [1.29, 1.82) is 0 Å². The summed E-state index contributed by atoms with van der Waals surface area (Å²) in [5.74, 6) is 0.818. The van der Waals surface area contributed by atoms with Crippen LogP contribution in [0.1, 0.15) is 31.4 Å². The van der Waals surface area contributed by atoms with Crippen molar-refractivity contribution in [2.75, 3.05) is 5.32 Å². The summed E-state index contributed by atoms with van der Waals surface area (Å²) in [6.07, 6.45) is 4.36. The molecule has 2 rings (SSSR count). The van der Waals surface area contributed by atoms with Gasteiger partial charge < -0.3 is 11.1 Å². The highest BCUT2D eigenvalue weighted by Gasteiger charge is 2.18. The van der Waals surface area contributed by atoms with Gasteiger partial charge in [0.2, 0.25) is 5.28 Å². The average Bonchev–Trinajstić information content (AvgIpc) is 2.20. The maximum Gasteiger partial charge on any atom is 0.224 e. The van der Waals surface area contributed by atoms with Gasteiger partial charge in [-0.1, -0.05) is 0 Å². The lowest BCUT2D eigenvalue weighted by molar-refractivity contribution is 0.410. The van der Waals surface area contributed by atoms with Crippen LogP contribution in [-0.2, 0) is 0 Å². The third kappa shape index (κ3) is 4.30. The molecule has 3 N–H and O–H groups in total. The molecule has 0 saturated heterocycles. The molecule has 1 saturated carbocycles. The standard InChI is InChI=1S/C11H17ClN4.ClH/c1-7-6-10(16-11(12)14-7)15-9-4-2-8(13)3-5-9;/h6,8-9H,2-5,13H2,1H3,(H,14,15,16);1H. The summed E-state index contributed by atoms with van der Waals surface area (Å²) in [6, 6.07) is 2.75. The van der Waals surface area contributed by atoms with Crippen LogP contribution in [0.5, 0.6) is 0 Å². The largest absolute Gasteiger partial charge is 0.367 e. The number of hydrogen-bond acceptors (Lipinski definition) is 4. The molecule has 1 heterocycles. The van der Waals surface area contributed by atoms with Crippen molar-refractivity contribution in [2.45, 2.75) is 44.7 Å². The van der Waals surface area contributed by atoms with Crippen LogP contribution in [0, 0.1) is 6.92 Å². The Bertz CT molecular complexity index is 344. The van der Waals surface area contributed by atoms with Gasteiger partial charge in [-0.3, -0.25) is 0 Å². The monoisotopic (exact) mass is 276 g/mol. The molecule has 1 fully saturated rings. The molecule has 0 atom stereocenters. The summed E-state index contributed by atoms with van der Waals surface area (Å²) >= 11 is 5.81. The zero-order valence-corrected chi connectivity index (χ0v) is 11.4. The highest BCUT2D eigenvalue weighted by molar-refractivity contribution is 6.28. The Kier molecular flexibility index (Phi) is 5.43. The smallest absolute Gasteiger partial charge is 0.224 e. The molecule has 0 unspecified atom stereocenters. The number of rotatable bonds is 2. The van der Waals surface area contributed by atoms with Crippen LogP contribution in [0.4, 0.5) is 5.82 Å². The lowest BCUT2D eigenvalue weighted by atomic mass is 9.92. The lowest BCUT2D eigenvalue weighted by Crippen LogP contribution is -2.33. The van der Waals surface area contributed by atoms with Crippen LogP contribution >= 0.6 is 24.0 Å². The minimum absolute atomic E-state index is 0. The van der Waals surface area contributed by atoms with E-state index in [1.54, 1.807) is 0 Å². The van der Waals surface area contributed by atoms with E-state index >= 15 is 0 Å². The zero-order valence-electron chi connectivity index (χ0n) is 9.82. The number of hydrogen-bond donors (Lipinski definition) is 2. The number of nitrogens with zero attached hydrogens (tertiary/aromatic N) is 2. The number of nitrogens with one attached hydrogen (secondary N) is 1. The van der Waals surface area contributed by atoms with Crippen LogP contribution in [-0.4, -0.2) is 22.1 Å². The van der Waals surface area contributed by atoms with Gasteiger partial charge in [0.15, 0.2) is 0 Å². The van der Waals surface area contributed by atoms with Crippen molar-refractivity contribution in [1.82, 2.24) is 9.97 Å². The van der Waals surface area contributed by atoms with Crippen molar-refractivity contribution < 1.29 is 0 Å². The summed E-state index contributed by atoms with van der Waals surface area (Å²) in [5, 5.41) is 3.69. The Morgan fingerprint density at radius 2 is 1.94 bits per heavy atom. The molecule has 1 aromatic heterocycles. The maximum absolute atomic E-state index is 5.86. The van der Waals surface area contributed by atoms with E-state index < -0.39 is 0 Å². The molecule has 0 radical (unpaired) electrons. The predicted octanol–water partition coefficient (Wildman–Crippen LogP) is 2.54. The topological polar surface area (TPSA) is 63.8 Å². The van der Waals surface area contributed by atoms with E-state index in [0.717, 1.165) is 37.2 Å². The van der Waals surface area contributed by atoms with E-state index in [1.807, 2.05) is 13.0 Å². The van der Waals surface area contributed by atoms with Gasteiger partial charge in [0.05, 0.1) is 0 Å². The van der Waals surface area contributed by atoms with Gasteiger partial charge in [0.25, 0.3) is 0 Å². The molecule has 0 amide bonds. The second-order valence-electron chi connectivity index (χ2n) is 4.42. The Balaban J connectivity index is 0.00000144. The predicted molar refractivity (Wildman–Crippen MR) is 72.9 cm³/mol. The minimum Gasteiger partial charge on any atom is -0.367 e. The molecule has 1 aromatic rings. The molecule has 6 heteroatoms. The second-order valence-corrected chi connectivity index (χ2v) is 4.76. The van der Waals surface area contributed by atoms with Crippen molar-refractivity contribution in [3.05, 3.63) is 17.0 Å². The molecule has 96 valence electrons. The van der Waals surface area contributed by atoms with E-state index in [4.69, 9.17) is 17.3 Å². The first-order valence-electron chi connectivity index (χ1n) is 5.67. The van der Waals surface area contributed by atoms with Gasteiger partial charge in [-0.05, 0) is 44.2 Å². The van der Waals surface area contributed by atoms with Crippen LogP contribution in [0.15, 0.2) is 6.07 Å². The highest BCUT2D eigenvalue weighted by Crippen LogP contribution is 2.21. The molecule has 0 aliphatic heterocycles. The summed E-state index contributed by atoms with van der Waals surface area (Å²) in [4.78, 5) is 8.19. The highest BCUT2D eigenvalue weighted by atomic mass is 35.5. The Morgan fingerprint density at radius 3 is 2.53 bits per heavy atom. The fourth-order valence-electron chi connectivity index (χ4n) is 2.08. The third-order valence-corrected chi connectivity index (χ3v) is 3.12. The Morgan fingerprint density at radius 1 is 1.29 bits per heavy atom. The van der Waals surface area contributed by atoms with Crippen LogP contribution < -0.4 is 11.1 Å². The molecular weight excluding hydrogens is 259 g/mol. The van der Waals surface area contributed by atoms with Crippen molar-refractivity contribution in [3.8, 4) is 0 Å². The van der Waals surface area contributed by atoms with Crippen LogP contribution in [0.2, 0.25) is 5.28 Å². The number of halogens is 2. The Hall–Kier alpha value is -0.580. The van der Waals surface area contributed by atoms with E-state index in [1.165, 1.54) is 0 Å². The summed E-state index contributed by atoms with van der Waals surface area (Å²) in [7, 11) is 0. The molecule has 17 heavy (non-hydrogen) atoms. The number of anilines is 1. The first kappa shape index (κ1) is 14.5. The third-order valence-electron chi connectivity index (χ3n) is 2.95. The zero-order chi connectivity index (χ0) is 11.5. The fourth-order valence-corrected chi connectivity index (χ4v) is 2.30. The summed E-state index contributed by atoms with van der Waals surface area (Å²) in [5.41, 5.74) is 6.75. The molecule has 4 nitrogen and oxygen atoms in total. The Labute approximate surface area is 113 Å². The average molecular weight is 277 g/mol. The van der Waals surface area contributed by atoms with Crippen molar-refractivity contribution in [3.63, 3.8) is 0 Å². The fraction of sp³-hybridized carbons (Fsp3) is 0.636. The first-order valence-corrected chi connectivity index (χ1v) is 6.04. The number of nitrogens with two attached hydrogens (primary N) is 1. The normalized spacial score (nSPS) is 23.9. The molecule has 0 bridgehead atoms. The van der Waals surface area contributed by atoms with Crippen molar-refractivity contribution >= 4 is 29.8 Å². The summed E-state index contributed by atoms with van der Waals surface area (Å²) in [6.45, 7) is 1.91. The maximum atomic E-state index is 5.86. The molecular formula is C11H18Cl2N4. The van der Waals surface area contributed by atoms with Crippen LogP contribution in [0.25, 0.3) is 0 Å². The number of aryl methyl sites for hydroxylation is 1. The van der Waals surface area contributed by atoms with Gasteiger partial charge in [-0.2, -0.15) is 0 Å². The molecule has 0 aromatic carbocycles. The number of aromatic nitrogens is 2. The minimum atomic E-state index is 0. The molecule has 1 aliphatic rings. The van der Waals surface area contributed by atoms with Gasteiger partial charge in [-0.25, -0.2) is 9.97 Å². The lowest BCUT2D eigenvalue weighted by Gasteiger charge is -2.27. The first-order chi connectivity index (χ1) is 7.63. The summed E-state index contributed by atoms with van der Waals surface area (Å²) < 4.78 is 0.